The largest absolute Gasteiger partial charge is 0.497 e. The van der Waals surface area contributed by atoms with Crippen LogP contribution in [0.2, 0.25) is 10.0 Å². The Morgan fingerprint density at radius 1 is 1.19 bits per heavy atom. The van der Waals surface area contributed by atoms with E-state index in [0.29, 0.717) is 49.2 Å². The number of ether oxygens (including phenoxy) is 2. The van der Waals surface area contributed by atoms with Crippen molar-refractivity contribution in [3.05, 3.63) is 58.3 Å². The van der Waals surface area contributed by atoms with Gasteiger partial charge in [0.05, 0.1) is 19.1 Å². The third-order valence-corrected chi connectivity index (χ3v) is 6.28. The molecule has 8 nitrogen and oxygen atoms in total. The van der Waals surface area contributed by atoms with E-state index in [9.17, 15) is 5.11 Å². The fourth-order valence-corrected chi connectivity index (χ4v) is 4.64. The Kier molecular flexibility index (Phi) is 6.61. The van der Waals surface area contributed by atoms with E-state index in [4.69, 9.17) is 38.4 Å². The van der Waals surface area contributed by atoms with Gasteiger partial charge in [-0.05, 0) is 42.1 Å². The number of methoxy groups -OCH3 is 2. The molecule has 4 N–H and O–H groups in total. The molecule has 1 unspecified atom stereocenters. The van der Waals surface area contributed by atoms with Gasteiger partial charge in [-0.3, -0.25) is 0 Å². The number of hydrogen-bond donors (Lipinski definition) is 3. The fourth-order valence-electron chi connectivity index (χ4n) is 3.19. The summed E-state index contributed by atoms with van der Waals surface area (Å²) in [6, 6.07) is 10.5. The number of nitrogens with zero attached hydrogens (tertiary/aromatic N) is 3. The third-order valence-electron chi connectivity index (χ3n) is 4.80. The number of hydrogen-bond acceptors (Lipinski definition) is 7. The quantitative estimate of drug-likeness (QED) is 0.334. The van der Waals surface area contributed by atoms with Crippen LogP contribution in [0, 0.1) is 0 Å². The first kappa shape index (κ1) is 22.5. The molecule has 0 saturated carbocycles. The predicted octanol–water partition coefficient (Wildman–Crippen LogP) is 4.04. The summed E-state index contributed by atoms with van der Waals surface area (Å²) in [4.78, 5) is 12.9. The summed E-state index contributed by atoms with van der Waals surface area (Å²) in [5.41, 5.74) is 7.73. The first-order chi connectivity index (χ1) is 15.4. The van der Waals surface area contributed by atoms with Gasteiger partial charge < -0.3 is 25.3 Å². The fraction of sp³-hybridized carbons (Fsp3) is 0.190. The second-order valence-corrected chi connectivity index (χ2v) is 8.70. The smallest absolute Gasteiger partial charge is 0.295 e. The molecule has 1 atom stereocenters. The average molecular weight is 493 g/mol. The number of aliphatic hydroxyl groups is 1. The van der Waals surface area contributed by atoms with Gasteiger partial charge in [-0.2, -0.15) is 0 Å². The van der Waals surface area contributed by atoms with E-state index in [0.717, 1.165) is 4.90 Å². The number of imidazole rings is 1. The molecule has 0 aliphatic rings. The van der Waals surface area contributed by atoms with E-state index in [2.05, 4.69) is 15.0 Å². The molecular formula is C21H20Cl2N5O3S+. The number of H-pyrrole nitrogens is 1. The lowest BCUT2D eigenvalue weighted by Gasteiger charge is -2.12. The van der Waals surface area contributed by atoms with Crippen molar-refractivity contribution in [3.63, 3.8) is 0 Å². The van der Waals surface area contributed by atoms with Crippen LogP contribution in [0.15, 0.2) is 52.8 Å². The molecule has 0 saturated heterocycles. The van der Waals surface area contributed by atoms with Crippen molar-refractivity contribution < 1.29 is 19.1 Å². The van der Waals surface area contributed by atoms with E-state index in [1.807, 2.05) is 18.2 Å². The highest BCUT2D eigenvalue weighted by Gasteiger charge is 2.23. The van der Waals surface area contributed by atoms with Crippen molar-refractivity contribution in [2.24, 2.45) is 0 Å². The second-order valence-electron chi connectivity index (χ2n) is 6.82. The van der Waals surface area contributed by atoms with Crippen LogP contribution in [-0.2, 0) is 6.54 Å². The van der Waals surface area contributed by atoms with Gasteiger partial charge in [-0.25, -0.2) is 4.57 Å². The van der Waals surface area contributed by atoms with Gasteiger partial charge in [0.25, 0.3) is 5.65 Å². The molecule has 0 spiro atoms. The molecular weight excluding hydrogens is 473 g/mol. The van der Waals surface area contributed by atoms with Crippen LogP contribution in [0.5, 0.6) is 11.5 Å². The average Bonchev–Trinajstić information content (AvgIpc) is 3.20. The van der Waals surface area contributed by atoms with Gasteiger partial charge in [-0.1, -0.05) is 39.2 Å². The highest BCUT2D eigenvalue weighted by Crippen LogP contribution is 2.37. The first-order valence-electron chi connectivity index (χ1n) is 9.46. The normalized spacial score (nSPS) is 12.2. The Bertz CT molecular complexity index is 1280. The van der Waals surface area contributed by atoms with Crippen LogP contribution >= 0.6 is 35.0 Å². The summed E-state index contributed by atoms with van der Waals surface area (Å²) in [5.74, 6) is 1.68. The van der Waals surface area contributed by atoms with Crippen LogP contribution in [0.3, 0.4) is 0 Å². The molecule has 2 aromatic heterocycles. The maximum Gasteiger partial charge on any atom is 0.295 e. The lowest BCUT2D eigenvalue weighted by Crippen LogP contribution is -2.38. The lowest BCUT2D eigenvalue weighted by atomic mass is 10.1. The van der Waals surface area contributed by atoms with E-state index in [1.165, 1.54) is 18.1 Å². The first-order valence-corrected chi connectivity index (χ1v) is 11.0. The van der Waals surface area contributed by atoms with Crippen molar-refractivity contribution in [1.82, 2.24) is 15.0 Å². The summed E-state index contributed by atoms with van der Waals surface area (Å²) in [5, 5.41) is 12.2. The lowest BCUT2D eigenvalue weighted by molar-refractivity contribution is -0.684. The second kappa shape index (κ2) is 9.41. The molecule has 0 aliphatic carbocycles. The van der Waals surface area contributed by atoms with Crippen LogP contribution < -0.4 is 19.8 Å². The number of benzene rings is 2. The van der Waals surface area contributed by atoms with E-state index in [-0.39, 0.29) is 6.54 Å². The summed E-state index contributed by atoms with van der Waals surface area (Å²) < 4.78 is 12.5. The molecule has 166 valence electrons. The number of aromatic nitrogens is 4. The minimum atomic E-state index is -0.898. The van der Waals surface area contributed by atoms with Gasteiger partial charge in [0.15, 0.2) is 5.52 Å². The maximum absolute atomic E-state index is 10.8. The Morgan fingerprint density at radius 3 is 2.72 bits per heavy atom. The molecule has 0 fully saturated rings. The van der Waals surface area contributed by atoms with Crippen molar-refractivity contribution in [2.45, 2.75) is 22.7 Å². The minimum Gasteiger partial charge on any atom is -0.497 e. The number of nitrogens with two attached hydrogens (primary N) is 1. The molecule has 4 rings (SSSR count). The molecule has 2 aromatic carbocycles. The van der Waals surface area contributed by atoms with Gasteiger partial charge in [0, 0.05) is 15.6 Å². The van der Waals surface area contributed by atoms with Crippen LogP contribution in [-0.4, -0.2) is 34.3 Å². The van der Waals surface area contributed by atoms with Gasteiger partial charge in [0.1, 0.15) is 24.1 Å². The summed E-state index contributed by atoms with van der Waals surface area (Å²) in [7, 11) is 3.20. The van der Waals surface area contributed by atoms with Gasteiger partial charge >= 0.3 is 0 Å². The standard InChI is InChI=1S/C21H19Cl2N5O3S/c1-30-12-4-6-16(31-2)17(8-12)32-21-26-18-19(24)25-10-28(20(18)27-21)9-15(29)13-5-3-11(22)7-14(13)23/h3-8,10,15,29H,9H2,1-2H3,(H2,24,26,27)/p+1. The Morgan fingerprint density at radius 2 is 2.00 bits per heavy atom. The molecule has 0 bridgehead atoms. The zero-order valence-corrected chi connectivity index (χ0v) is 19.5. The van der Waals surface area contributed by atoms with Crippen molar-refractivity contribution in [3.8, 4) is 11.5 Å². The molecule has 32 heavy (non-hydrogen) atoms. The molecule has 2 heterocycles. The highest BCUT2D eigenvalue weighted by molar-refractivity contribution is 7.99. The predicted molar refractivity (Wildman–Crippen MR) is 124 cm³/mol. The maximum atomic E-state index is 10.8. The SMILES string of the molecule is COc1ccc(OC)c(Sc2nc3c([nH]2)c(N)nc[n+]3CC(O)c2ccc(Cl)cc2Cl)c1. The zero-order chi connectivity index (χ0) is 22.8. The molecule has 0 aliphatic heterocycles. The Balaban J connectivity index is 1.67. The van der Waals surface area contributed by atoms with Crippen molar-refractivity contribution in [1.29, 1.82) is 0 Å². The number of fused-ring (bicyclic) bond motifs is 1. The topological polar surface area (TPSA) is 110 Å². The number of nitrogen functional groups attached to an aromatic ring is 1. The summed E-state index contributed by atoms with van der Waals surface area (Å²) >= 11 is 13.6. The summed E-state index contributed by atoms with van der Waals surface area (Å²) in [6.07, 6.45) is 0.635. The van der Waals surface area contributed by atoms with E-state index < -0.39 is 6.10 Å². The monoisotopic (exact) mass is 492 g/mol. The van der Waals surface area contributed by atoms with Crippen LogP contribution in [0.1, 0.15) is 11.7 Å². The van der Waals surface area contributed by atoms with Gasteiger partial charge in [0.2, 0.25) is 17.3 Å². The van der Waals surface area contributed by atoms with Crippen LogP contribution in [0.4, 0.5) is 5.82 Å². The number of aliphatic hydroxyl groups excluding tert-OH is 1. The molecule has 0 amide bonds. The van der Waals surface area contributed by atoms with Crippen molar-refractivity contribution >= 4 is 51.9 Å². The molecule has 4 aromatic rings. The van der Waals surface area contributed by atoms with E-state index in [1.54, 1.807) is 37.0 Å². The number of rotatable bonds is 7. The van der Waals surface area contributed by atoms with Crippen LogP contribution in [0.25, 0.3) is 11.2 Å². The zero-order valence-electron chi connectivity index (χ0n) is 17.2. The summed E-state index contributed by atoms with van der Waals surface area (Å²) in [6.45, 7) is 0.169. The third kappa shape index (κ3) is 4.56. The Hall–Kier alpha value is -2.72. The number of nitrogens with one attached hydrogen (secondary N) is 1. The number of halogens is 2. The molecule has 11 heteroatoms. The van der Waals surface area contributed by atoms with Gasteiger partial charge in [-0.15, -0.1) is 0 Å². The Labute approximate surface area is 198 Å². The minimum absolute atomic E-state index is 0.169. The van der Waals surface area contributed by atoms with Crippen molar-refractivity contribution in [2.75, 3.05) is 20.0 Å². The van der Waals surface area contributed by atoms with E-state index >= 15 is 0 Å². The number of aromatic amines is 1. The molecule has 0 radical (unpaired) electrons. The number of anilines is 1. The highest BCUT2D eigenvalue weighted by atomic mass is 35.5.